The summed E-state index contributed by atoms with van der Waals surface area (Å²) in [5, 5.41) is 11.5. The molecule has 0 heterocycles. The number of nitrogens with zero attached hydrogens (tertiary/aromatic N) is 2. The zero-order valence-corrected chi connectivity index (χ0v) is 12.8. The average molecular weight is 275 g/mol. The molecule has 1 rings (SSSR count). The molecule has 4 heteroatoms. The lowest BCUT2D eigenvalue weighted by Crippen LogP contribution is -2.09. The number of benzene rings is 1. The molecule has 0 amide bonds. The maximum atomic E-state index is 13.6. The fourth-order valence-electron chi connectivity index (χ4n) is 1.28. The highest BCUT2D eigenvalue weighted by molar-refractivity contribution is 5.53. The van der Waals surface area contributed by atoms with Gasteiger partial charge in [-0.3, -0.25) is 0 Å². The summed E-state index contributed by atoms with van der Waals surface area (Å²) in [4.78, 5) is 1.93. The number of anilines is 1. The third-order valence-corrected chi connectivity index (χ3v) is 2.48. The van der Waals surface area contributed by atoms with E-state index in [1.807, 2.05) is 51.9 Å². The Morgan fingerprint density at radius 1 is 1.40 bits per heavy atom. The Morgan fingerprint density at radius 3 is 2.45 bits per heavy atom. The summed E-state index contributed by atoms with van der Waals surface area (Å²) in [7, 11) is 3.84. The largest absolute Gasteiger partial charge is 0.381 e. The Morgan fingerprint density at radius 2 is 2.00 bits per heavy atom. The van der Waals surface area contributed by atoms with Crippen molar-refractivity contribution in [2.24, 2.45) is 0 Å². The van der Waals surface area contributed by atoms with E-state index in [0.717, 1.165) is 5.70 Å². The maximum absolute atomic E-state index is 13.6. The third kappa shape index (κ3) is 5.57. The summed E-state index contributed by atoms with van der Waals surface area (Å²) in [5.74, 6) is -0.467. The Labute approximate surface area is 121 Å². The maximum Gasteiger partial charge on any atom is 0.147 e. The van der Waals surface area contributed by atoms with Crippen molar-refractivity contribution in [1.29, 1.82) is 5.26 Å². The molecule has 108 valence electrons. The number of allylic oxidation sites excluding steroid dienone is 2. The van der Waals surface area contributed by atoms with E-state index in [1.54, 1.807) is 6.07 Å². The van der Waals surface area contributed by atoms with Crippen LogP contribution in [0.5, 0.6) is 0 Å². The van der Waals surface area contributed by atoms with Crippen LogP contribution in [0.1, 0.15) is 26.3 Å². The number of nitriles is 1. The van der Waals surface area contributed by atoms with Gasteiger partial charge in [-0.2, -0.15) is 5.26 Å². The molecule has 1 aromatic carbocycles. The predicted molar refractivity (Wildman–Crippen MR) is 82.7 cm³/mol. The van der Waals surface area contributed by atoms with Gasteiger partial charge in [-0.1, -0.05) is 20.4 Å². The van der Waals surface area contributed by atoms with Gasteiger partial charge in [-0.05, 0) is 31.2 Å². The molecule has 0 aliphatic carbocycles. The Kier molecular flexibility index (Phi) is 7.76. The SMILES string of the molecule is C=C(/C=C(/C)N(C)C)Nc1ccc(C#N)cc1F.CC. The fourth-order valence-corrected chi connectivity index (χ4v) is 1.28. The van der Waals surface area contributed by atoms with Gasteiger partial charge in [-0.15, -0.1) is 0 Å². The molecule has 0 unspecified atom stereocenters. The van der Waals surface area contributed by atoms with Gasteiger partial charge in [0, 0.05) is 25.5 Å². The first kappa shape index (κ1) is 17.7. The molecule has 0 spiro atoms. The van der Waals surface area contributed by atoms with E-state index in [0.29, 0.717) is 16.9 Å². The number of rotatable bonds is 4. The minimum Gasteiger partial charge on any atom is -0.381 e. The van der Waals surface area contributed by atoms with E-state index < -0.39 is 5.82 Å². The van der Waals surface area contributed by atoms with Crippen LogP contribution in [0.25, 0.3) is 0 Å². The molecule has 1 N–H and O–H groups in total. The first-order valence-corrected chi connectivity index (χ1v) is 6.45. The van der Waals surface area contributed by atoms with E-state index in [1.165, 1.54) is 12.1 Å². The molecule has 0 fully saturated rings. The van der Waals surface area contributed by atoms with Crippen LogP contribution in [0.2, 0.25) is 0 Å². The van der Waals surface area contributed by atoms with Crippen molar-refractivity contribution in [3.05, 3.63) is 53.6 Å². The Balaban J connectivity index is 0.00000172. The van der Waals surface area contributed by atoms with Gasteiger partial charge in [0.25, 0.3) is 0 Å². The van der Waals surface area contributed by atoms with Crippen LogP contribution in [0.15, 0.2) is 42.2 Å². The van der Waals surface area contributed by atoms with Crippen molar-refractivity contribution in [1.82, 2.24) is 4.90 Å². The summed E-state index contributed by atoms with van der Waals surface area (Å²) in [6, 6.07) is 6.16. The second-order valence-corrected chi connectivity index (χ2v) is 4.14. The van der Waals surface area contributed by atoms with Crippen LogP contribution in [0.3, 0.4) is 0 Å². The molecule has 0 aliphatic rings. The Bertz CT molecular complexity index is 525. The van der Waals surface area contributed by atoms with Gasteiger partial charge in [0.2, 0.25) is 0 Å². The van der Waals surface area contributed by atoms with Gasteiger partial charge < -0.3 is 10.2 Å². The number of nitrogens with one attached hydrogen (secondary N) is 1. The van der Waals surface area contributed by atoms with E-state index >= 15 is 0 Å². The third-order valence-electron chi connectivity index (χ3n) is 2.48. The average Bonchev–Trinajstić information content (AvgIpc) is 2.43. The van der Waals surface area contributed by atoms with Crippen LogP contribution < -0.4 is 5.32 Å². The predicted octanol–water partition coefficient (Wildman–Crippen LogP) is 4.11. The highest BCUT2D eigenvalue weighted by Crippen LogP contribution is 2.17. The number of halogens is 1. The van der Waals surface area contributed by atoms with Gasteiger partial charge in [0.15, 0.2) is 0 Å². The standard InChI is InChI=1S/C14H16FN3.C2H6/c1-10(7-11(2)18(3)4)17-14-6-5-12(9-16)8-13(14)15;1-2/h5-8,17H,1H2,2-4H3;1-2H3/b11-7-;. The lowest BCUT2D eigenvalue weighted by Gasteiger charge is -2.14. The van der Waals surface area contributed by atoms with Gasteiger partial charge in [0.05, 0.1) is 17.3 Å². The molecule has 0 saturated heterocycles. The first-order valence-electron chi connectivity index (χ1n) is 6.45. The fraction of sp³-hybridized carbons (Fsp3) is 0.312. The van der Waals surface area contributed by atoms with Crippen LogP contribution in [0, 0.1) is 17.1 Å². The first-order chi connectivity index (χ1) is 9.43. The van der Waals surface area contributed by atoms with Crippen molar-refractivity contribution >= 4 is 5.69 Å². The van der Waals surface area contributed by atoms with Gasteiger partial charge in [-0.25, -0.2) is 4.39 Å². The highest BCUT2D eigenvalue weighted by atomic mass is 19.1. The quantitative estimate of drug-likeness (QED) is 0.840. The molecule has 20 heavy (non-hydrogen) atoms. The molecule has 0 radical (unpaired) electrons. The molecule has 0 aliphatic heterocycles. The molecule has 3 nitrogen and oxygen atoms in total. The summed E-state index contributed by atoms with van der Waals surface area (Å²) < 4.78 is 13.6. The second-order valence-electron chi connectivity index (χ2n) is 4.14. The van der Waals surface area contributed by atoms with Crippen molar-refractivity contribution in [3.63, 3.8) is 0 Å². The Hall–Kier alpha value is -2.28. The summed E-state index contributed by atoms with van der Waals surface area (Å²) in [6.07, 6.45) is 1.82. The van der Waals surface area contributed by atoms with Crippen molar-refractivity contribution in [2.45, 2.75) is 20.8 Å². The zero-order chi connectivity index (χ0) is 15.7. The normalized spacial score (nSPS) is 9.95. The van der Waals surface area contributed by atoms with E-state index in [9.17, 15) is 4.39 Å². The van der Waals surface area contributed by atoms with E-state index in [2.05, 4.69) is 11.9 Å². The van der Waals surface area contributed by atoms with Crippen LogP contribution >= 0.6 is 0 Å². The lowest BCUT2D eigenvalue weighted by molar-refractivity contribution is 0.513. The van der Waals surface area contributed by atoms with Crippen molar-refractivity contribution < 1.29 is 4.39 Å². The minimum absolute atomic E-state index is 0.295. The van der Waals surface area contributed by atoms with Crippen LogP contribution in [-0.4, -0.2) is 19.0 Å². The molecular formula is C16H22FN3. The van der Waals surface area contributed by atoms with Gasteiger partial charge in [0.1, 0.15) is 5.82 Å². The van der Waals surface area contributed by atoms with E-state index in [4.69, 9.17) is 5.26 Å². The summed E-state index contributed by atoms with van der Waals surface area (Å²) in [5.41, 5.74) is 2.19. The van der Waals surface area contributed by atoms with Crippen molar-refractivity contribution in [2.75, 3.05) is 19.4 Å². The number of hydrogen-bond acceptors (Lipinski definition) is 3. The summed E-state index contributed by atoms with van der Waals surface area (Å²) >= 11 is 0. The minimum atomic E-state index is -0.467. The molecule has 0 saturated carbocycles. The highest BCUT2D eigenvalue weighted by Gasteiger charge is 2.04. The summed E-state index contributed by atoms with van der Waals surface area (Å²) in [6.45, 7) is 9.74. The molecule has 0 aromatic heterocycles. The topological polar surface area (TPSA) is 39.1 Å². The second kappa shape index (κ2) is 8.76. The van der Waals surface area contributed by atoms with Crippen LogP contribution in [-0.2, 0) is 0 Å². The lowest BCUT2D eigenvalue weighted by atomic mass is 10.2. The molecule has 0 bridgehead atoms. The van der Waals surface area contributed by atoms with Crippen LogP contribution in [0.4, 0.5) is 10.1 Å². The van der Waals surface area contributed by atoms with Crippen molar-refractivity contribution in [3.8, 4) is 6.07 Å². The number of hydrogen-bond donors (Lipinski definition) is 1. The monoisotopic (exact) mass is 275 g/mol. The molecule has 0 atom stereocenters. The van der Waals surface area contributed by atoms with E-state index in [-0.39, 0.29) is 0 Å². The smallest absolute Gasteiger partial charge is 0.147 e. The molecular weight excluding hydrogens is 253 g/mol. The molecule has 1 aromatic rings. The zero-order valence-electron chi connectivity index (χ0n) is 12.8. The van der Waals surface area contributed by atoms with Gasteiger partial charge >= 0.3 is 0 Å².